The van der Waals surface area contributed by atoms with Crippen LogP contribution in [-0.2, 0) is 4.57 Å². The van der Waals surface area contributed by atoms with Gasteiger partial charge in [-0.15, -0.1) is 0 Å². The number of halogens is 3. The van der Waals surface area contributed by atoms with Gasteiger partial charge in [0, 0.05) is 0 Å². The van der Waals surface area contributed by atoms with E-state index in [1.165, 1.54) is 0 Å². The van der Waals surface area contributed by atoms with E-state index in [0.717, 1.165) is 17.7 Å². The quantitative estimate of drug-likeness (QED) is 0.375. The maximum atomic E-state index is 10.8. The number of phosphoric acid groups is 1. The molecule has 0 saturated carbocycles. The third-order valence-electron chi connectivity index (χ3n) is 0.401. The second kappa shape index (κ2) is 5.20. The average Bonchev–Trinajstić information content (AvgIpc) is 1.59. The first kappa shape index (κ1) is 14.0. The van der Waals surface area contributed by atoms with Crippen LogP contribution in [0.25, 0.3) is 0 Å². The van der Waals surface area contributed by atoms with Crippen LogP contribution >= 0.6 is 7.82 Å². The molecule has 0 aromatic carbocycles. The van der Waals surface area contributed by atoms with Gasteiger partial charge < -0.3 is 14.7 Å². The van der Waals surface area contributed by atoms with Gasteiger partial charge in [-0.1, -0.05) is 0 Å². The van der Waals surface area contributed by atoms with Crippen LogP contribution in [0.1, 0.15) is 0 Å². The van der Waals surface area contributed by atoms with Crippen molar-refractivity contribution in [3.63, 3.8) is 0 Å². The van der Waals surface area contributed by atoms with Crippen molar-refractivity contribution >= 4 is 25.5 Å². The van der Waals surface area contributed by atoms with Gasteiger partial charge in [0.05, 0.1) is 0 Å². The molecular formula is C2H5F3LiO4P. The molecule has 4 nitrogen and oxygen atoms in total. The average molecular weight is 188 g/mol. The zero-order valence-electron chi connectivity index (χ0n) is 5.54. The Morgan fingerprint density at radius 3 is 1.36 bits per heavy atom. The van der Waals surface area contributed by atoms with E-state index in [2.05, 4.69) is 0 Å². The van der Waals surface area contributed by atoms with E-state index in [1.807, 2.05) is 0 Å². The van der Waals surface area contributed by atoms with Crippen LogP contribution in [0.15, 0.2) is 0 Å². The van der Waals surface area contributed by atoms with Gasteiger partial charge in [-0.25, -0.2) is 4.57 Å². The second-order valence-corrected chi connectivity index (χ2v) is 2.51. The zero-order chi connectivity index (χ0) is 9.71. The Bertz CT molecular complexity index is 132. The molecule has 0 radical (unpaired) electrons. The molecule has 0 aliphatic heterocycles. The van der Waals surface area contributed by atoms with Crippen molar-refractivity contribution in [2.75, 3.05) is 0 Å². The van der Waals surface area contributed by atoms with E-state index >= 15 is 0 Å². The van der Waals surface area contributed by atoms with E-state index in [4.69, 9.17) is 19.2 Å². The molecule has 0 amide bonds. The number of rotatable bonds is 0. The molecule has 9 heteroatoms. The summed E-state index contributed by atoms with van der Waals surface area (Å²) >= 11 is 1.08. The van der Waals surface area contributed by atoms with Crippen molar-refractivity contribution < 1.29 is 32.4 Å². The summed E-state index contributed by atoms with van der Waals surface area (Å²) < 4.78 is 41.2. The first-order chi connectivity index (χ1) is 4.56. The molecule has 0 aromatic rings. The Morgan fingerprint density at radius 2 is 1.36 bits per heavy atom. The van der Waals surface area contributed by atoms with E-state index in [1.54, 1.807) is 0 Å². The molecule has 0 heterocycles. The molecule has 0 aliphatic carbocycles. The summed E-state index contributed by atoms with van der Waals surface area (Å²) in [6.45, 7) is 0. The number of alkyl halides is 3. The van der Waals surface area contributed by atoms with Gasteiger partial charge in [-0.05, 0) is 0 Å². The summed E-state index contributed by atoms with van der Waals surface area (Å²) in [5.74, 6) is 0. The Morgan fingerprint density at radius 1 is 1.27 bits per heavy atom. The minimum absolute atomic E-state index is 0.729. The number of hydrogen-bond donors (Lipinski definition) is 3. The van der Waals surface area contributed by atoms with Crippen LogP contribution in [0.4, 0.5) is 13.2 Å². The summed E-state index contributed by atoms with van der Waals surface area (Å²) in [6.07, 6.45) is -3.96. The van der Waals surface area contributed by atoms with Gasteiger partial charge in [0.2, 0.25) is 0 Å². The van der Waals surface area contributed by atoms with E-state index in [0.29, 0.717) is 0 Å². The van der Waals surface area contributed by atoms with Crippen molar-refractivity contribution in [3.8, 4) is 0 Å². The van der Waals surface area contributed by atoms with Gasteiger partial charge >= 0.3 is 50.0 Å². The first-order valence-corrected chi connectivity index (χ1v) is 3.98. The second-order valence-electron chi connectivity index (χ2n) is 1.48. The molecule has 0 unspecified atom stereocenters. The topological polar surface area (TPSA) is 77.8 Å². The Balaban J connectivity index is 0. The van der Waals surface area contributed by atoms with Crippen LogP contribution in [0, 0.1) is 0 Å². The Hall–Kier alpha value is 0.497. The summed E-state index contributed by atoms with van der Waals surface area (Å²) in [5.41, 5.74) is 0. The summed E-state index contributed by atoms with van der Waals surface area (Å²) in [4.78, 5) is 21.6. The van der Waals surface area contributed by atoms with E-state index < -0.39 is 19.1 Å². The molecule has 0 aliphatic rings. The van der Waals surface area contributed by atoms with Crippen molar-refractivity contribution in [1.29, 1.82) is 0 Å². The summed E-state index contributed by atoms with van der Waals surface area (Å²) in [5, 5.41) is -0.729. The van der Waals surface area contributed by atoms with Gasteiger partial charge in [0.25, 0.3) is 0 Å². The van der Waals surface area contributed by atoms with Gasteiger partial charge in [0.15, 0.2) is 0 Å². The zero-order valence-corrected chi connectivity index (χ0v) is 6.43. The molecule has 64 valence electrons. The SMILES string of the molecule is O=P(O)(O)O.[Li][CH2]C(F)(F)F. The Labute approximate surface area is 69.9 Å². The third kappa shape index (κ3) is 62.0. The fourth-order valence-electron chi connectivity index (χ4n) is 0. The normalized spacial score (nSPS) is 12.0. The molecule has 11 heavy (non-hydrogen) atoms. The van der Waals surface area contributed by atoms with E-state index in [9.17, 15) is 13.2 Å². The van der Waals surface area contributed by atoms with Crippen LogP contribution in [0.5, 0.6) is 0 Å². The molecule has 0 fully saturated rings. The van der Waals surface area contributed by atoms with Crippen LogP contribution < -0.4 is 0 Å². The Kier molecular flexibility index (Phi) is 6.64. The molecule has 0 rings (SSSR count). The predicted molar refractivity (Wildman–Crippen MR) is 30.9 cm³/mol. The maximum absolute atomic E-state index is 10.8. The fraction of sp³-hybridized carbons (Fsp3) is 1.00. The van der Waals surface area contributed by atoms with Crippen molar-refractivity contribution in [2.24, 2.45) is 0 Å². The monoisotopic (exact) mass is 188 g/mol. The van der Waals surface area contributed by atoms with Gasteiger partial charge in [-0.3, -0.25) is 0 Å². The first-order valence-electron chi connectivity index (χ1n) is 2.41. The molecule has 0 aromatic heterocycles. The standard InChI is InChI=1S/C2H2F3.Li.H3O4P/c1-2(3,4)5;;1-5(2,3)4/h1H2;;(H3,1,2,3,4). The molecule has 3 N–H and O–H groups in total. The van der Waals surface area contributed by atoms with Gasteiger partial charge in [-0.2, -0.15) is 0 Å². The van der Waals surface area contributed by atoms with E-state index in [-0.39, 0.29) is 0 Å². The number of hydrogen-bond acceptors (Lipinski definition) is 1. The summed E-state index contributed by atoms with van der Waals surface area (Å²) in [7, 11) is -4.64. The minimum atomic E-state index is -4.64. The molecule has 0 atom stereocenters. The molecular weight excluding hydrogens is 183 g/mol. The molecule has 0 spiro atoms. The van der Waals surface area contributed by atoms with Crippen molar-refractivity contribution in [1.82, 2.24) is 0 Å². The van der Waals surface area contributed by atoms with Crippen molar-refractivity contribution in [3.05, 3.63) is 0 Å². The summed E-state index contributed by atoms with van der Waals surface area (Å²) in [6, 6.07) is 0. The fourth-order valence-corrected chi connectivity index (χ4v) is 0. The van der Waals surface area contributed by atoms with Crippen LogP contribution in [0.2, 0.25) is 5.09 Å². The predicted octanol–water partition coefficient (Wildman–Crippen LogP) is 0.207. The third-order valence-corrected chi connectivity index (χ3v) is 0.401. The molecule has 0 bridgehead atoms. The van der Waals surface area contributed by atoms with Crippen molar-refractivity contribution in [2.45, 2.75) is 11.3 Å². The van der Waals surface area contributed by atoms with Crippen LogP contribution in [0.3, 0.4) is 0 Å². The van der Waals surface area contributed by atoms with Crippen LogP contribution in [-0.4, -0.2) is 38.6 Å². The van der Waals surface area contributed by atoms with Gasteiger partial charge in [0.1, 0.15) is 0 Å². The molecule has 0 saturated heterocycles.